The van der Waals surface area contributed by atoms with Crippen LogP contribution in [0, 0.1) is 11.7 Å². The fourth-order valence-electron chi connectivity index (χ4n) is 1.99. The number of aryl methyl sites for hydroxylation is 1. The number of nitrogens with zero attached hydrogens (tertiary/aromatic N) is 3. The zero-order valence-corrected chi connectivity index (χ0v) is 11.2. The molecule has 0 unspecified atom stereocenters. The molecule has 0 fully saturated rings. The minimum atomic E-state index is 0.565. The average Bonchev–Trinajstić information content (AvgIpc) is 2.82. The summed E-state index contributed by atoms with van der Waals surface area (Å²) >= 11 is 5.33. The minimum absolute atomic E-state index is 0.565. The highest BCUT2D eigenvalue weighted by molar-refractivity contribution is 7.71. The average molecular weight is 268 g/mol. The first kappa shape index (κ1) is 11.8. The van der Waals surface area contributed by atoms with Crippen molar-refractivity contribution in [1.82, 2.24) is 19.7 Å². The van der Waals surface area contributed by atoms with Gasteiger partial charge in [-0.2, -0.15) is 5.10 Å². The van der Waals surface area contributed by atoms with Crippen LogP contribution in [-0.2, 0) is 0 Å². The summed E-state index contributed by atoms with van der Waals surface area (Å²) in [6.07, 6.45) is 3.57. The third-order valence-corrected chi connectivity index (χ3v) is 3.23. The summed E-state index contributed by atoms with van der Waals surface area (Å²) < 4.78 is 2.47. The van der Waals surface area contributed by atoms with E-state index in [-0.39, 0.29) is 0 Å². The molecule has 0 bridgehead atoms. The Bertz CT molecular complexity index is 758. The highest BCUT2D eigenvalue weighted by Gasteiger charge is 2.11. The van der Waals surface area contributed by atoms with Crippen molar-refractivity contribution in [2.75, 3.05) is 0 Å². The van der Waals surface area contributed by atoms with Crippen LogP contribution in [0.25, 0.3) is 17.1 Å². The summed E-state index contributed by atoms with van der Waals surface area (Å²) in [4.78, 5) is 4.17. The summed E-state index contributed by atoms with van der Waals surface area (Å²) in [5.41, 5.74) is 3.06. The molecule has 0 saturated carbocycles. The van der Waals surface area contributed by atoms with Crippen molar-refractivity contribution in [3.8, 4) is 17.1 Å². The molecule has 0 spiro atoms. The number of nitrogens with one attached hydrogen (secondary N) is 1. The van der Waals surface area contributed by atoms with Crippen LogP contribution in [0.1, 0.15) is 5.56 Å². The Morgan fingerprint density at radius 3 is 2.68 bits per heavy atom. The monoisotopic (exact) mass is 268 g/mol. The van der Waals surface area contributed by atoms with Gasteiger partial charge in [0.15, 0.2) is 10.6 Å². The van der Waals surface area contributed by atoms with Crippen molar-refractivity contribution in [3.63, 3.8) is 0 Å². The lowest BCUT2D eigenvalue weighted by Gasteiger charge is -2.08. The van der Waals surface area contributed by atoms with Gasteiger partial charge in [0.2, 0.25) is 0 Å². The molecule has 0 aliphatic carbocycles. The van der Waals surface area contributed by atoms with Crippen LogP contribution in [0.5, 0.6) is 0 Å². The molecule has 5 heteroatoms. The summed E-state index contributed by atoms with van der Waals surface area (Å²) in [5, 5.41) is 7.17. The second-order valence-corrected chi connectivity index (χ2v) is 4.60. The topological polar surface area (TPSA) is 46.5 Å². The Hall–Kier alpha value is -2.27. The van der Waals surface area contributed by atoms with Crippen LogP contribution >= 0.6 is 12.2 Å². The molecule has 94 valence electrons. The first-order valence-electron chi connectivity index (χ1n) is 5.91. The zero-order valence-electron chi connectivity index (χ0n) is 10.4. The molecule has 0 saturated heterocycles. The summed E-state index contributed by atoms with van der Waals surface area (Å²) in [6, 6.07) is 11.9. The molecule has 1 aromatic carbocycles. The van der Waals surface area contributed by atoms with Crippen molar-refractivity contribution in [3.05, 3.63) is 59.1 Å². The Labute approximate surface area is 115 Å². The molecule has 0 aliphatic rings. The molecule has 0 amide bonds. The highest BCUT2D eigenvalue weighted by atomic mass is 32.1. The van der Waals surface area contributed by atoms with Gasteiger partial charge in [-0.3, -0.25) is 14.6 Å². The molecule has 2 aromatic heterocycles. The van der Waals surface area contributed by atoms with Crippen molar-refractivity contribution in [2.24, 2.45) is 0 Å². The Balaban J connectivity index is 2.26. The summed E-state index contributed by atoms with van der Waals surface area (Å²) in [5.74, 6) is 0.793. The second kappa shape index (κ2) is 4.78. The third kappa shape index (κ3) is 2.08. The van der Waals surface area contributed by atoms with Crippen molar-refractivity contribution in [2.45, 2.75) is 6.92 Å². The smallest absolute Gasteiger partial charge is 0.200 e. The fraction of sp³-hybridized carbons (Fsp3) is 0.0714. The van der Waals surface area contributed by atoms with Crippen LogP contribution in [0.15, 0.2) is 48.8 Å². The van der Waals surface area contributed by atoms with E-state index in [2.05, 4.69) is 15.2 Å². The Kier molecular flexibility index (Phi) is 2.97. The van der Waals surface area contributed by atoms with Gasteiger partial charge in [0.1, 0.15) is 0 Å². The number of pyridine rings is 1. The number of rotatable bonds is 2. The van der Waals surface area contributed by atoms with Gasteiger partial charge in [0.05, 0.1) is 11.9 Å². The van der Waals surface area contributed by atoms with E-state index in [0.29, 0.717) is 4.77 Å². The molecule has 19 heavy (non-hydrogen) atoms. The molecule has 3 aromatic rings. The first-order valence-corrected chi connectivity index (χ1v) is 6.32. The molecule has 0 atom stereocenters. The van der Waals surface area contributed by atoms with Gasteiger partial charge in [0.25, 0.3) is 0 Å². The number of hydrogen-bond acceptors (Lipinski definition) is 3. The maximum atomic E-state index is 5.33. The summed E-state index contributed by atoms with van der Waals surface area (Å²) in [7, 11) is 0. The first-order chi connectivity index (χ1) is 9.27. The largest absolute Gasteiger partial charge is 0.266 e. The fourth-order valence-corrected chi connectivity index (χ4v) is 2.22. The number of H-pyrrole nitrogens is 1. The van der Waals surface area contributed by atoms with Crippen LogP contribution < -0.4 is 0 Å². The van der Waals surface area contributed by atoms with Crippen LogP contribution in [0.3, 0.4) is 0 Å². The van der Waals surface area contributed by atoms with E-state index in [4.69, 9.17) is 12.2 Å². The Morgan fingerprint density at radius 1 is 1.16 bits per heavy atom. The van der Waals surface area contributed by atoms with Gasteiger partial charge in [0, 0.05) is 11.8 Å². The number of aromatic amines is 1. The molecule has 0 aliphatic heterocycles. The number of aromatic nitrogens is 4. The van der Waals surface area contributed by atoms with Crippen LogP contribution in [-0.4, -0.2) is 19.7 Å². The van der Waals surface area contributed by atoms with Gasteiger partial charge < -0.3 is 0 Å². The maximum absolute atomic E-state index is 5.33. The van der Waals surface area contributed by atoms with E-state index in [0.717, 1.165) is 22.6 Å². The zero-order chi connectivity index (χ0) is 13.2. The standard InChI is InChI=1S/C14H12N4S/c1-10-7-8-15-9-12(10)18-13(16-17-14(18)19)11-5-3-2-4-6-11/h2-9H,1H3,(H,17,19). The second-order valence-electron chi connectivity index (χ2n) is 4.22. The molecule has 0 radical (unpaired) electrons. The molecule has 3 rings (SSSR count). The third-order valence-electron chi connectivity index (χ3n) is 2.96. The lowest BCUT2D eigenvalue weighted by Crippen LogP contribution is -2.00. The van der Waals surface area contributed by atoms with E-state index in [9.17, 15) is 0 Å². The quantitative estimate of drug-likeness (QED) is 0.725. The van der Waals surface area contributed by atoms with Crippen LogP contribution in [0.2, 0.25) is 0 Å². The molecular formula is C14H12N4S. The predicted molar refractivity (Wildman–Crippen MR) is 76.7 cm³/mol. The molecule has 1 N–H and O–H groups in total. The van der Waals surface area contributed by atoms with Gasteiger partial charge in [-0.15, -0.1) is 0 Å². The van der Waals surface area contributed by atoms with E-state index in [1.54, 1.807) is 12.4 Å². The molecule has 4 nitrogen and oxygen atoms in total. The Morgan fingerprint density at radius 2 is 1.95 bits per heavy atom. The summed E-state index contributed by atoms with van der Waals surface area (Å²) in [6.45, 7) is 2.03. The van der Waals surface area contributed by atoms with E-state index >= 15 is 0 Å². The van der Waals surface area contributed by atoms with E-state index in [1.165, 1.54) is 0 Å². The van der Waals surface area contributed by atoms with Gasteiger partial charge >= 0.3 is 0 Å². The molecule has 2 heterocycles. The van der Waals surface area contributed by atoms with E-state index in [1.807, 2.05) is 47.9 Å². The highest BCUT2D eigenvalue weighted by Crippen LogP contribution is 2.22. The normalized spacial score (nSPS) is 10.6. The van der Waals surface area contributed by atoms with Crippen molar-refractivity contribution < 1.29 is 0 Å². The minimum Gasteiger partial charge on any atom is -0.266 e. The lowest BCUT2D eigenvalue weighted by atomic mass is 10.2. The SMILES string of the molecule is Cc1ccncc1-n1c(-c2ccccc2)n[nH]c1=S. The lowest BCUT2D eigenvalue weighted by molar-refractivity contribution is 1.01. The van der Waals surface area contributed by atoms with Gasteiger partial charge in [-0.25, -0.2) is 0 Å². The number of benzene rings is 1. The van der Waals surface area contributed by atoms with Crippen molar-refractivity contribution >= 4 is 12.2 Å². The van der Waals surface area contributed by atoms with Gasteiger partial charge in [-0.1, -0.05) is 30.3 Å². The number of hydrogen-bond donors (Lipinski definition) is 1. The van der Waals surface area contributed by atoms with E-state index < -0.39 is 0 Å². The molecular weight excluding hydrogens is 256 g/mol. The predicted octanol–water partition coefficient (Wildman–Crippen LogP) is 3.30. The van der Waals surface area contributed by atoms with Crippen LogP contribution in [0.4, 0.5) is 0 Å². The maximum Gasteiger partial charge on any atom is 0.200 e. The van der Waals surface area contributed by atoms with Crippen molar-refractivity contribution in [1.29, 1.82) is 0 Å². The van der Waals surface area contributed by atoms with Gasteiger partial charge in [-0.05, 0) is 30.8 Å².